The molecule has 0 bridgehead atoms. The van der Waals surface area contributed by atoms with Gasteiger partial charge in [0, 0.05) is 26.1 Å². The van der Waals surface area contributed by atoms with E-state index in [1.807, 2.05) is 0 Å². The summed E-state index contributed by atoms with van der Waals surface area (Å²) in [6, 6.07) is 0. The molecule has 5 amide bonds. The number of nitrogens with zero attached hydrogens (tertiary/aromatic N) is 1. The molecule has 21 heteroatoms. The molecule has 2 saturated heterocycles. The van der Waals surface area contributed by atoms with Crippen LogP contribution in [0.15, 0.2) is 0 Å². The third kappa shape index (κ3) is 15.7. The molecule has 294 valence electrons. The molecule has 0 aromatic heterocycles. The van der Waals surface area contributed by atoms with E-state index in [-0.39, 0.29) is 65.4 Å². The molecule has 2 rings (SSSR count). The van der Waals surface area contributed by atoms with Crippen LogP contribution in [0.4, 0.5) is 0 Å². The molecule has 2 aliphatic rings. The number of hydrogen-bond acceptors (Lipinski definition) is 17. The smallest absolute Gasteiger partial charge is 0.240 e. The highest BCUT2D eigenvalue weighted by Crippen LogP contribution is 2.22. The molecule has 12 N–H and O–H groups in total. The van der Waals surface area contributed by atoms with Crippen LogP contribution in [0.1, 0.15) is 39.5 Å². The number of rotatable bonds is 21. The van der Waals surface area contributed by atoms with Gasteiger partial charge in [0.1, 0.15) is 36.6 Å². The number of amides is 5. The minimum atomic E-state index is -1.51. The van der Waals surface area contributed by atoms with Crippen molar-refractivity contribution < 1.29 is 73.6 Å². The fraction of sp³-hybridized carbons (Fsp3) is 0.833. The van der Waals surface area contributed by atoms with Crippen LogP contribution in [0.3, 0.4) is 0 Å². The van der Waals surface area contributed by atoms with Gasteiger partial charge in [0.05, 0.1) is 51.6 Å². The van der Waals surface area contributed by atoms with E-state index < -0.39 is 90.9 Å². The number of carbonyl (C=O) groups is 5. The number of aliphatic hydroxyl groups excluding tert-OH is 6. The number of unbranched alkanes of at least 4 members (excludes halogenated alkanes) is 2. The minimum Gasteiger partial charge on any atom is -0.388 e. The highest BCUT2D eigenvalue weighted by Gasteiger charge is 2.43. The quantitative estimate of drug-likeness (QED) is 0.0488. The van der Waals surface area contributed by atoms with Gasteiger partial charge in [-0.15, -0.1) is 0 Å². The molecule has 0 saturated carbocycles. The summed E-state index contributed by atoms with van der Waals surface area (Å²) < 4.78 is 21.5. The lowest BCUT2D eigenvalue weighted by Gasteiger charge is -2.38. The number of imide groups is 1. The third-order valence-electron chi connectivity index (χ3n) is 8.00. The zero-order chi connectivity index (χ0) is 38.1. The molecule has 0 aromatic rings. The summed E-state index contributed by atoms with van der Waals surface area (Å²) in [5, 5.41) is 69.5. The highest BCUT2D eigenvalue weighted by atomic mass is 16.7. The fourth-order valence-corrected chi connectivity index (χ4v) is 5.06. The van der Waals surface area contributed by atoms with Gasteiger partial charge in [0.15, 0.2) is 12.6 Å². The van der Waals surface area contributed by atoms with Gasteiger partial charge in [0.2, 0.25) is 29.5 Å². The molecular formula is C30H54N6O15. The van der Waals surface area contributed by atoms with E-state index in [0.717, 1.165) is 0 Å². The van der Waals surface area contributed by atoms with Crippen molar-refractivity contribution in [1.29, 1.82) is 0 Å². The third-order valence-corrected chi connectivity index (χ3v) is 8.00. The molecule has 0 unspecified atom stereocenters. The summed E-state index contributed by atoms with van der Waals surface area (Å²) in [5.41, 5.74) is 5.15. The van der Waals surface area contributed by atoms with Crippen LogP contribution in [-0.4, -0.2) is 186 Å². The summed E-state index contributed by atoms with van der Waals surface area (Å²) in [7, 11) is 0. The maximum Gasteiger partial charge on any atom is 0.240 e. The van der Waals surface area contributed by atoms with Crippen molar-refractivity contribution in [2.75, 3.05) is 59.0 Å². The Morgan fingerprint density at radius 3 is 1.45 bits per heavy atom. The Balaban J connectivity index is 1.81. The van der Waals surface area contributed by atoms with Gasteiger partial charge in [-0.05, 0) is 26.7 Å². The van der Waals surface area contributed by atoms with E-state index in [1.54, 1.807) is 0 Å². The van der Waals surface area contributed by atoms with E-state index in [2.05, 4.69) is 21.3 Å². The monoisotopic (exact) mass is 738 g/mol. The average Bonchev–Trinajstić information content (AvgIpc) is 3.08. The minimum absolute atomic E-state index is 0.0557. The average molecular weight is 739 g/mol. The number of aliphatic hydroxyl groups is 6. The van der Waals surface area contributed by atoms with E-state index >= 15 is 0 Å². The summed E-state index contributed by atoms with van der Waals surface area (Å²) in [6.07, 6.45) is -11.0. The second-order valence-corrected chi connectivity index (χ2v) is 12.3. The molecule has 2 fully saturated rings. The number of nitrogens with two attached hydrogens (primary N) is 1. The van der Waals surface area contributed by atoms with Gasteiger partial charge >= 0.3 is 0 Å². The van der Waals surface area contributed by atoms with Gasteiger partial charge < -0.3 is 71.3 Å². The molecule has 10 atom stereocenters. The summed E-state index contributed by atoms with van der Waals surface area (Å²) in [6.45, 7) is 1.48. The van der Waals surface area contributed by atoms with Crippen LogP contribution in [0, 0.1) is 0 Å². The Kier molecular flexibility index (Phi) is 19.8. The van der Waals surface area contributed by atoms with Crippen LogP contribution in [0.25, 0.3) is 0 Å². The molecule has 0 aromatic carbocycles. The summed E-state index contributed by atoms with van der Waals surface area (Å²) >= 11 is 0. The zero-order valence-electron chi connectivity index (χ0n) is 28.8. The van der Waals surface area contributed by atoms with Crippen molar-refractivity contribution in [3.8, 4) is 0 Å². The first-order chi connectivity index (χ1) is 24.1. The standard InChI is InChI=1S/C30H54N6O15/c1-16-23(42)25(44)27(46)29(50-16)48-10-8-33-21(40)14-36(13-20(39)32-7-5-3-4-6-18(37)35-19(38)12-31)15-22(41)34-9-11-49-30-28(47)26(45)24(43)17(2)51-30/h16-17,23-30,42-47H,3-15,31H2,1-2H3,(H,32,39)(H,33,40)(H,34,41)(H,35,37,38)/t16-,17-,23+,24+,25+,26+,27-,28-,29+,30+/m0/s1. The van der Waals surface area contributed by atoms with Crippen molar-refractivity contribution >= 4 is 29.5 Å². The summed E-state index contributed by atoms with van der Waals surface area (Å²) in [4.78, 5) is 62.2. The molecule has 51 heavy (non-hydrogen) atoms. The van der Waals surface area contributed by atoms with Crippen LogP contribution in [0.5, 0.6) is 0 Å². The van der Waals surface area contributed by atoms with Gasteiger partial charge in [-0.2, -0.15) is 0 Å². The van der Waals surface area contributed by atoms with E-state index in [1.165, 1.54) is 18.7 Å². The van der Waals surface area contributed by atoms with Gasteiger partial charge in [0.25, 0.3) is 0 Å². The molecule has 2 aliphatic heterocycles. The van der Waals surface area contributed by atoms with Crippen molar-refractivity contribution in [3.63, 3.8) is 0 Å². The van der Waals surface area contributed by atoms with Crippen molar-refractivity contribution in [3.05, 3.63) is 0 Å². The Bertz CT molecular complexity index is 1070. The van der Waals surface area contributed by atoms with Crippen molar-refractivity contribution in [2.45, 2.75) is 101 Å². The van der Waals surface area contributed by atoms with Gasteiger partial charge in [-0.1, -0.05) is 6.42 Å². The Labute approximate surface area is 295 Å². The maximum atomic E-state index is 12.7. The topological polar surface area (TPSA) is 321 Å². The highest BCUT2D eigenvalue weighted by molar-refractivity contribution is 5.95. The molecule has 0 radical (unpaired) electrons. The van der Waals surface area contributed by atoms with Gasteiger partial charge in [-0.25, -0.2) is 0 Å². The maximum absolute atomic E-state index is 12.7. The van der Waals surface area contributed by atoms with Crippen LogP contribution >= 0.6 is 0 Å². The van der Waals surface area contributed by atoms with Crippen LogP contribution in [-0.2, 0) is 42.9 Å². The lowest BCUT2D eigenvalue weighted by molar-refractivity contribution is -0.292. The molecule has 2 heterocycles. The predicted octanol–water partition coefficient (Wildman–Crippen LogP) is -6.51. The molecule has 0 aliphatic carbocycles. The largest absolute Gasteiger partial charge is 0.388 e. The summed E-state index contributed by atoms with van der Waals surface area (Å²) in [5.74, 6) is -2.63. The SMILES string of the molecule is C[C@@H]1O[C@@H](OCCNC(=O)CN(CC(=O)NCCCCCC(=O)NC(=O)CN)CC(=O)NCCO[C@@H]2O[C@@H](C)[C@@H](O)[C@@H](O)[C@@H]2O)[C@@H](O)[C@H](O)[C@@H]1O. The van der Waals surface area contributed by atoms with Crippen molar-refractivity contribution in [2.24, 2.45) is 5.73 Å². The number of ether oxygens (including phenoxy) is 4. The predicted molar refractivity (Wildman–Crippen MR) is 173 cm³/mol. The van der Waals surface area contributed by atoms with E-state index in [0.29, 0.717) is 19.3 Å². The number of nitrogens with one attached hydrogen (secondary N) is 4. The van der Waals surface area contributed by atoms with E-state index in [4.69, 9.17) is 24.7 Å². The Hall–Kier alpha value is -2.93. The van der Waals surface area contributed by atoms with Gasteiger partial charge in [-0.3, -0.25) is 34.2 Å². The second-order valence-electron chi connectivity index (χ2n) is 12.3. The van der Waals surface area contributed by atoms with Crippen molar-refractivity contribution in [1.82, 2.24) is 26.2 Å². The first-order valence-electron chi connectivity index (χ1n) is 16.8. The Morgan fingerprint density at radius 2 is 1.02 bits per heavy atom. The van der Waals surface area contributed by atoms with Crippen LogP contribution in [0.2, 0.25) is 0 Å². The fourth-order valence-electron chi connectivity index (χ4n) is 5.06. The zero-order valence-corrected chi connectivity index (χ0v) is 28.8. The second kappa shape index (κ2) is 22.9. The molecule has 0 spiro atoms. The number of carbonyl (C=O) groups excluding carboxylic acids is 5. The van der Waals surface area contributed by atoms with Crippen LogP contribution < -0.4 is 27.0 Å². The molecule has 21 nitrogen and oxygen atoms in total. The first kappa shape index (κ1) is 44.2. The molecular weight excluding hydrogens is 684 g/mol. The number of hydrogen-bond donors (Lipinski definition) is 11. The first-order valence-corrected chi connectivity index (χ1v) is 16.8. The normalized spacial score (nSPS) is 29.3. The lowest BCUT2D eigenvalue weighted by atomic mass is 10.0. The van der Waals surface area contributed by atoms with E-state index in [9.17, 15) is 54.6 Å². The Morgan fingerprint density at radius 1 is 0.588 bits per heavy atom. The lowest BCUT2D eigenvalue weighted by Crippen LogP contribution is -2.57.